The Morgan fingerprint density at radius 2 is 1.43 bits per heavy atom. The molecule has 2 aromatic carbocycles. The van der Waals surface area contributed by atoms with Gasteiger partial charge in [0.05, 0.1) is 25.3 Å². The molecule has 0 aliphatic rings. The summed E-state index contributed by atoms with van der Waals surface area (Å²) in [4.78, 5) is 16.3. The van der Waals surface area contributed by atoms with Gasteiger partial charge in [-0.2, -0.15) is 0 Å². The van der Waals surface area contributed by atoms with Crippen molar-refractivity contribution in [2.45, 2.75) is 91.9 Å². The molecule has 0 N–H and O–H groups in total. The molecule has 2 aromatic rings. The Morgan fingerprint density at radius 3 is 2.05 bits per heavy atom. The third-order valence-electron chi connectivity index (χ3n) is 6.66. The maximum absolute atomic E-state index is 11.8. The van der Waals surface area contributed by atoms with Gasteiger partial charge in [0.15, 0.2) is 0 Å². The minimum absolute atomic E-state index is 0.0438. The molecule has 0 amide bonds. The second kappa shape index (κ2) is 17.6. The van der Waals surface area contributed by atoms with E-state index in [1.54, 1.807) is 0 Å². The second-order valence-electron chi connectivity index (χ2n) is 10.6. The van der Waals surface area contributed by atoms with Gasteiger partial charge >= 0.3 is 5.97 Å². The van der Waals surface area contributed by atoms with Crippen molar-refractivity contribution in [1.82, 2.24) is 0 Å². The number of hydrogen-bond donors (Lipinski definition) is 0. The van der Waals surface area contributed by atoms with E-state index in [-0.39, 0.29) is 11.4 Å². The molecule has 0 bridgehead atoms. The van der Waals surface area contributed by atoms with Crippen molar-refractivity contribution in [1.29, 1.82) is 0 Å². The number of unbranched alkanes of at least 4 members (excludes halogenated alkanes) is 7. The summed E-state index contributed by atoms with van der Waals surface area (Å²) in [6, 6.07) is 16.4. The number of aliphatic imine (C=N–C) groups is 1. The summed E-state index contributed by atoms with van der Waals surface area (Å²) in [5.74, 6) is 0.841. The van der Waals surface area contributed by atoms with Crippen molar-refractivity contribution in [3.05, 3.63) is 65.7 Å². The van der Waals surface area contributed by atoms with Gasteiger partial charge in [0.25, 0.3) is 0 Å². The number of carbonyl (C=O) groups is 1. The van der Waals surface area contributed by atoms with Crippen LogP contribution in [0.1, 0.15) is 96.1 Å². The molecule has 0 saturated heterocycles. The van der Waals surface area contributed by atoms with E-state index in [1.807, 2.05) is 36.6 Å². The van der Waals surface area contributed by atoms with Crippen LogP contribution >= 0.6 is 0 Å². The highest BCUT2D eigenvalue weighted by Crippen LogP contribution is 2.24. The zero-order valence-electron chi connectivity index (χ0n) is 23.5. The summed E-state index contributed by atoms with van der Waals surface area (Å²) < 4.78 is 11.2. The molecule has 0 aliphatic heterocycles. The van der Waals surface area contributed by atoms with Crippen LogP contribution in [0.25, 0.3) is 6.08 Å². The number of hydrogen-bond acceptors (Lipinski definition) is 4. The van der Waals surface area contributed by atoms with Crippen molar-refractivity contribution in [2.75, 3.05) is 13.2 Å². The standard InChI is InChI=1S/C33H47NO3/c1-5-33(3,4)27-32(35)37-26-13-11-9-7-6-8-10-12-25-36-31-22-20-30(21-23-31)34-24-14-15-29-18-16-28(2)17-19-29/h14-24H,5-13,25-27H2,1-4H3/b15-14+,34-24+. The number of aryl methyl sites for hydroxylation is 1. The van der Waals surface area contributed by atoms with Crippen LogP contribution in [0.5, 0.6) is 5.75 Å². The normalized spacial score (nSPS) is 11.9. The first-order valence-corrected chi connectivity index (χ1v) is 14.0. The van der Waals surface area contributed by atoms with Gasteiger partial charge in [-0.05, 0) is 61.1 Å². The maximum atomic E-state index is 11.8. The Kier molecular flexibility index (Phi) is 14.4. The minimum atomic E-state index is -0.0551. The number of ether oxygens (including phenoxy) is 2. The third kappa shape index (κ3) is 14.4. The molecule has 0 radical (unpaired) electrons. The number of nitrogens with zero attached hydrogens (tertiary/aromatic N) is 1. The van der Waals surface area contributed by atoms with E-state index in [0.717, 1.165) is 43.7 Å². The summed E-state index contributed by atoms with van der Waals surface area (Å²) in [7, 11) is 0. The van der Waals surface area contributed by atoms with Crippen LogP contribution in [0.3, 0.4) is 0 Å². The molecule has 0 aromatic heterocycles. The Labute approximate surface area is 225 Å². The topological polar surface area (TPSA) is 47.9 Å². The molecule has 0 spiro atoms. The monoisotopic (exact) mass is 505 g/mol. The third-order valence-corrected chi connectivity index (χ3v) is 6.66. The van der Waals surface area contributed by atoms with Crippen LogP contribution in [-0.2, 0) is 9.53 Å². The van der Waals surface area contributed by atoms with Gasteiger partial charge in [0, 0.05) is 6.21 Å². The molecule has 202 valence electrons. The van der Waals surface area contributed by atoms with Gasteiger partial charge < -0.3 is 9.47 Å². The quantitative estimate of drug-likeness (QED) is 0.115. The summed E-state index contributed by atoms with van der Waals surface area (Å²) in [5, 5.41) is 0. The fourth-order valence-electron chi connectivity index (χ4n) is 3.80. The Bertz CT molecular complexity index is 943. The van der Waals surface area contributed by atoms with Crippen LogP contribution in [0, 0.1) is 12.3 Å². The van der Waals surface area contributed by atoms with E-state index in [0.29, 0.717) is 13.0 Å². The van der Waals surface area contributed by atoms with Crippen molar-refractivity contribution in [3.63, 3.8) is 0 Å². The zero-order chi connectivity index (χ0) is 26.8. The molecular formula is C33H47NO3. The molecule has 0 aliphatic carbocycles. The van der Waals surface area contributed by atoms with Gasteiger partial charge in [-0.1, -0.05) is 102 Å². The lowest BCUT2D eigenvalue weighted by Crippen LogP contribution is -2.18. The van der Waals surface area contributed by atoms with Crippen LogP contribution in [-0.4, -0.2) is 25.4 Å². The van der Waals surface area contributed by atoms with E-state index in [4.69, 9.17) is 9.47 Å². The van der Waals surface area contributed by atoms with Gasteiger partial charge in [-0.25, -0.2) is 0 Å². The summed E-state index contributed by atoms with van der Waals surface area (Å²) >= 11 is 0. The van der Waals surface area contributed by atoms with Gasteiger partial charge in [-0.3, -0.25) is 9.79 Å². The molecule has 37 heavy (non-hydrogen) atoms. The Balaban J connectivity index is 1.44. The van der Waals surface area contributed by atoms with E-state index in [9.17, 15) is 4.79 Å². The highest BCUT2D eigenvalue weighted by molar-refractivity contribution is 5.80. The van der Waals surface area contributed by atoms with Crippen molar-refractivity contribution in [2.24, 2.45) is 10.4 Å². The molecule has 0 saturated carbocycles. The van der Waals surface area contributed by atoms with Crippen LogP contribution in [0.2, 0.25) is 0 Å². The lowest BCUT2D eigenvalue weighted by molar-refractivity contribution is -0.146. The average molecular weight is 506 g/mol. The van der Waals surface area contributed by atoms with E-state index in [1.165, 1.54) is 43.2 Å². The molecule has 0 heterocycles. The largest absolute Gasteiger partial charge is 0.494 e. The molecular weight excluding hydrogens is 458 g/mol. The highest BCUT2D eigenvalue weighted by Gasteiger charge is 2.20. The second-order valence-corrected chi connectivity index (χ2v) is 10.6. The van der Waals surface area contributed by atoms with Crippen molar-refractivity contribution in [3.8, 4) is 5.75 Å². The number of esters is 1. The predicted octanol–water partition coefficient (Wildman–Crippen LogP) is 9.28. The van der Waals surface area contributed by atoms with Crippen LogP contribution in [0.15, 0.2) is 59.6 Å². The predicted molar refractivity (Wildman–Crippen MR) is 157 cm³/mol. The first-order valence-electron chi connectivity index (χ1n) is 14.0. The van der Waals surface area contributed by atoms with Gasteiger partial charge in [0.1, 0.15) is 5.75 Å². The molecule has 4 heteroatoms. The Hall–Kier alpha value is -2.88. The van der Waals surface area contributed by atoms with E-state index >= 15 is 0 Å². The first-order chi connectivity index (χ1) is 17.9. The van der Waals surface area contributed by atoms with E-state index in [2.05, 4.69) is 63.0 Å². The number of benzene rings is 2. The molecule has 0 atom stereocenters. The van der Waals surface area contributed by atoms with Crippen LogP contribution in [0.4, 0.5) is 5.69 Å². The van der Waals surface area contributed by atoms with Crippen molar-refractivity contribution >= 4 is 23.9 Å². The smallest absolute Gasteiger partial charge is 0.306 e. The lowest BCUT2D eigenvalue weighted by Gasteiger charge is -2.20. The number of allylic oxidation sites excluding steroid dienone is 1. The summed E-state index contributed by atoms with van der Waals surface area (Å²) in [6.07, 6.45) is 16.7. The fourth-order valence-corrected chi connectivity index (χ4v) is 3.80. The number of carbonyl (C=O) groups excluding carboxylic acids is 1. The maximum Gasteiger partial charge on any atom is 0.306 e. The molecule has 4 nitrogen and oxygen atoms in total. The zero-order valence-corrected chi connectivity index (χ0v) is 23.5. The fraction of sp³-hybridized carbons (Fsp3) is 0.515. The molecule has 2 rings (SSSR count). The Morgan fingerprint density at radius 1 is 0.838 bits per heavy atom. The molecule has 0 fully saturated rings. The van der Waals surface area contributed by atoms with Gasteiger partial charge in [0.2, 0.25) is 0 Å². The van der Waals surface area contributed by atoms with Crippen molar-refractivity contribution < 1.29 is 14.3 Å². The SMILES string of the molecule is CCC(C)(C)CC(=O)OCCCCCCCCCCOc1ccc(/N=C/C=C/c2ccc(C)cc2)cc1. The highest BCUT2D eigenvalue weighted by atomic mass is 16.5. The first kappa shape index (κ1) is 30.3. The minimum Gasteiger partial charge on any atom is -0.494 e. The summed E-state index contributed by atoms with van der Waals surface area (Å²) in [5.41, 5.74) is 3.39. The average Bonchev–Trinajstić information content (AvgIpc) is 2.89. The summed E-state index contributed by atoms with van der Waals surface area (Å²) in [6.45, 7) is 9.75. The van der Waals surface area contributed by atoms with Gasteiger partial charge in [-0.15, -0.1) is 0 Å². The lowest BCUT2D eigenvalue weighted by atomic mass is 9.87. The molecule has 0 unspecified atom stereocenters. The van der Waals surface area contributed by atoms with E-state index < -0.39 is 0 Å². The van der Waals surface area contributed by atoms with Crippen LogP contribution < -0.4 is 4.74 Å². The number of rotatable bonds is 18.